The average molecular weight is 304 g/mol. The molecule has 0 spiro atoms. The van der Waals surface area contributed by atoms with Crippen LogP contribution in [0.25, 0.3) is 11.0 Å². The number of pyridine rings is 1. The number of hydrogen-bond acceptors (Lipinski definition) is 3. The summed E-state index contributed by atoms with van der Waals surface area (Å²) in [7, 11) is 1.97. The Bertz CT molecular complexity index is 888. The summed E-state index contributed by atoms with van der Waals surface area (Å²) in [5.41, 5.74) is 3.21. The molecule has 5 heteroatoms. The first kappa shape index (κ1) is 14.8. The van der Waals surface area contributed by atoms with Crippen molar-refractivity contribution in [2.75, 3.05) is 6.54 Å². The highest BCUT2D eigenvalue weighted by atomic mass is 16.1. The normalized spacial score (nSPS) is 10.4. The number of carbonyl (C=O) groups excluding carboxylic acids is 1. The van der Waals surface area contributed by atoms with Gasteiger partial charge in [-0.3, -0.25) is 4.79 Å². The first-order valence-electron chi connectivity index (χ1n) is 7.36. The van der Waals surface area contributed by atoms with Crippen LogP contribution >= 0.6 is 0 Å². The lowest BCUT2D eigenvalue weighted by atomic mass is 10.1. The average Bonchev–Trinajstić information content (AvgIpc) is 2.91. The molecule has 0 aliphatic rings. The topological polar surface area (TPSA) is 70.7 Å². The smallest absolute Gasteiger partial charge is 0.251 e. The molecule has 2 heterocycles. The van der Waals surface area contributed by atoms with Crippen LogP contribution in [-0.4, -0.2) is 22.0 Å². The fourth-order valence-corrected chi connectivity index (χ4v) is 2.60. The van der Waals surface area contributed by atoms with Crippen molar-refractivity contribution in [1.82, 2.24) is 14.9 Å². The van der Waals surface area contributed by atoms with Crippen LogP contribution in [0.4, 0.5) is 0 Å². The van der Waals surface area contributed by atoms with Gasteiger partial charge in [0, 0.05) is 36.9 Å². The predicted molar refractivity (Wildman–Crippen MR) is 87.9 cm³/mol. The van der Waals surface area contributed by atoms with Crippen LogP contribution in [0.15, 0.2) is 48.8 Å². The van der Waals surface area contributed by atoms with Crippen LogP contribution in [0, 0.1) is 11.3 Å². The van der Waals surface area contributed by atoms with Crippen molar-refractivity contribution >= 4 is 16.9 Å². The van der Waals surface area contributed by atoms with Crippen LogP contribution in [0.2, 0.25) is 0 Å². The first-order chi connectivity index (χ1) is 11.2. The molecule has 0 aliphatic carbocycles. The van der Waals surface area contributed by atoms with Crippen molar-refractivity contribution in [3.63, 3.8) is 0 Å². The molecule has 0 atom stereocenters. The van der Waals surface area contributed by atoms with Crippen molar-refractivity contribution < 1.29 is 4.79 Å². The number of hydrogen-bond donors (Lipinski definition) is 1. The summed E-state index contributed by atoms with van der Waals surface area (Å²) in [6.07, 6.45) is 4.56. The van der Waals surface area contributed by atoms with Crippen LogP contribution in [0.3, 0.4) is 0 Å². The molecular weight excluding hydrogens is 288 g/mol. The Hall–Kier alpha value is -3.13. The molecule has 1 N–H and O–H groups in total. The number of nitriles is 1. The number of carbonyl (C=O) groups is 1. The quantitative estimate of drug-likeness (QED) is 0.804. The summed E-state index contributed by atoms with van der Waals surface area (Å²) < 4.78 is 1.99. The van der Waals surface area contributed by atoms with E-state index in [0.717, 1.165) is 23.0 Å². The summed E-state index contributed by atoms with van der Waals surface area (Å²) >= 11 is 0. The zero-order valence-electron chi connectivity index (χ0n) is 12.8. The van der Waals surface area contributed by atoms with E-state index in [0.29, 0.717) is 17.7 Å². The van der Waals surface area contributed by atoms with Crippen molar-refractivity contribution in [1.29, 1.82) is 5.26 Å². The maximum Gasteiger partial charge on any atom is 0.251 e. The number of benzene rings is 1. The minimum Gasteiger partial charge on any atom is -0.352 e. The minimum absolute atomic E-state index is 0.132. The highest BCUT2D eigenvalue weighted by molar-refractivity contribution is 5.94. The lowest BCUT2D eigenvalue weighted by Crippen LogP contribution is -2.25. The molecule has 5 nitrogen and oxygen atoms in total. The molecule has 1 amide bonds. The van der Waals surface area contributed by atoms with E-state index in [4.69, 9.17) is 5.26 Å². The zero-order valence-corrected chi connectivity index (χ0v) is 12.8. The summed E-state index contributed by atoms with van der Waals surface area (Å²) in [6.45, 7) is 0.548. The maximum absolute atomic E-state index is 12.1. The predicted octanol–water partition coefficient (Wildman–Crippen LogP) is 2.42. The van der Waals surface area contributed by atoms with Gasteiger partial charge in [-0.25, -0.2) is 4.98 Å². The van der Waals surface area contributed by atoms with E-state index in [9.17, 15) is 4.79 Å². The molecule has 114 valence electrons. The van der Waals surface area contributed by atoms with Crippen LogP contribution in [0.5, 0.6) is 0 Å². The molecule has 0 unspecified atom stereocenters. The van der Waals surface area contributed by atoms with E-state index in [2.05, 4.69) is 10.3 Å². The van der Waals surface area contributed by atoms with Gasteiger partial charge in [-0.05, 0) is 48.4 Å². The van der Waals surface area contributed by atoms with Crippen molar-refractivity contribution in [3.05, 3.63) is 65.5 Å². The molecule has 3 aromatic rings. The number of amides is 1. The number of nitrogens with zero attached hydrogens (tertiary/aromatic N) is 3. The van der Waals surface area contributed by atoms with Crippen molar-refractivity contribution in [2.45, 2.75) is 6.42 Å². The van der Waals surface area contributed by atoms with E-state index in [1.54, 1.807) is 30.5 Å². The number of aryl methyl sites for hydroxylation is 1. The molecule has 3 rings (SSSR count). The lowest BCUT2D eigenvalue weighted by Gasteiger charge is -2.05. The Balaban J connectivity index is 1.64. The lowest BCUT2D eigenvalue weighted by molar-refractivity contribution is 0.0954. The van der Waals surface area contributed by atoms with Gasteiger partial charge in [-0.1, -0.05) is 0 Å². The number of nitrogens with one attached hydrogen (secondary N) is 1. The second-order valence-corrected chi connectivity index (χ2v) is 5.33. The molecule has 0 fully saturated rings. The van der Waals surface area contributed by atoms with E-state index >= 15 is 0 Å². The minimum atomic E-state index is -0.132. The van der Waals surface area contributed by atoms with Gasteiger partial charge in [0.15, 0.2) is 0 Å². The standard InChI is InChI=1S/C18H16N4O/c1-22-12-15(16-3-2-9-20-17(16)22)8-10-21-18(23)14-6-4-13(11-19)5-7-14/h2-7,9,12H,8,10H2,1H3,(H,21,23). The fourth-order valence-electron chi connectivity index (χ4n) is 2.60. The Labute approximate surface area is 134 Å². The molecule has 0 bridgehead atoms. The van der Waals surface area contributed by atoms with Gasteiger partial charge < -0.3 is 9.88 Å². The number of fused-ring (bicyclic) bond motifs is 1. The third kappa shape index (κ3) is 3.06. The Morgan fingerprint density at radius 3 is 2.83 bits per heavy atom. The number of aromatic nitrogens is 2. The zero-order chi connectivity index (χ0) is 16.2. The van der Waals surface area contributed by atoms with Crippen LogP contribution < -0.4 is 5.32 Å². The van der Waals surface area contributed by atoms with Gasteiger partial charge >= 0.3 is 0 Å². The highest BCUT2D eigenvalue weighted by Crippen LogP contribution is 2.18. The largest absolute Gasteiger partial charge is 0.352 e. The van der Waals surface area contributed by atoms with Gasteiger partial charge in [-0.2, -0.15) is 5.26 Å². The van der Waals surface area contributed by atoms with E-state index in [-0.39, 0.29) is 5.91 Å². The van der Waals surface area contributed by atoms with Crippen molar-refractivity contribution in [2.24, 2.45) is 7.05 Å². The fraction of sp³-hybridized carbons (Fsp3) is 0.167. The molecule has 0 radical (unpaired) electrons. The van der Waals surface area contributed by atoms with E-state index < -0.39 is 0 Å². The molecule has 0 saturated heterocycles. The Morgan fingerprint density at radius 2 is 2.09 bits per heavy atom. The molecule has 23 heavy (non-hydrogen) atoms. The van der Waals surface area contributed by atoms with Gasteiger partial charge in [0.2, 0.25) is 0 Å². The highest BCUT2D eigenvalue weighted by Gasteiger charge is 2.08. The summed E-state index contributed by atoms with van der Waals surface area (Å²) in [6, 6.07) is 12.6. The summed E-state index contributed by atoms with van der Waals surface area (Å²) in [5, 5.41) is 12.8. The van der Waals surface area contributed by atoms with Crippen LogP contribution in [0.1, 0.15) is 21.5 Å². The molecule has 0 saturated carbocycles. The number of rotatable bonds is 4. The van der Waals surface area contributed by atoms with E-state index in [1.165, 1.54) is 0 Å². The molecule has 2 aromatic heterocycles. The van der Waals surface area contributed by atoms with E-state index in [1.807, 2.05) is 36.0 Å². The van der Waals surface area contributed by atoms with Crippen molar-refractivity contribution in [3.8, 4) is 6.07 Å². The molecule has 0 aliphatic heterocycles. The molecule has 1 aromatic carbocycles. The third-order valence-corrected chi connectivity index (χ3v) is 3.77. The van der Waals surface area contributed by atoms with Gasteiger partial charge in [0.25, 0.3) is 5.91 Å². The second-order valence-electron chi connectivity index (χ2n) is 5.33. The maximum atomic E-state index is 12.1. The summed E-state index contributed by atoms with van der Waals surface area (Å²) in [5.74, 6) is -0.132. The van der Waals surface area contributed by atoms with Gasteiger partial charge in [-0.15, -0.1) is 0 Å². The first-order valence-corrected chi connectivity index (χ1v) is 7.36. The third-order valence-electron chi connectivity index (χ3n) is 3.77. The Kier molecular flexibility index (Phi) is 4.07. The Morgan fingerprint density at radius 1 is 1.30 bits per heavy atom. The SMILES string of the molecule is Cn1cc(CCNC(=O)c2ccc(C#N)cc2)c2cccnc21. The van der Waals surface area contributed by atoms with Gasteiger partial charge in [0.05, 0.1) is 11.6 Å². The van der Waals surface area contributed by atoms with Gasteiger partial charge in [0.1, 0.15) is 5.65 Å². The summed E-state index contributed by atoms with van der Waals surface area (Å²) in [4.78, 5) is 16.4. The molecular formula is C18H16N4O. The monoisotopic (exact) mass is 304 g/mol. The second kappa shape index (κ2) is 6.32. The van der Waals surface area contributed by atoms with Crippen LogP contribution in [-0.2, 0) is 13.5 Å².